The molecule has 1 aromatic rings. The molecule has 2 atom stereocenters. The third-order valence-corrected chi connectivity index (χ3v) is 4.70. The van der Waals surface area contributed by atoms with Crippen molar-refractivity contribution in [3.05, 3.63) is 23.3 Å². The number of hydrogen-bond acceptors (Lipinski definition) is 4. The molecule has 126 valence electrons. The average molecular weight is 322 g/mol. The van der Waals surface area contributed by atoms with E-state index >= 15 is 0 Å². The summed E-state index contributed by atoms with van der Waals surface area (Å²) in [7, 11) is -1.16. The molecule has 2 unspecified atom stereocenters. The van der Waals surface area contributed by atoms with Crippen LogP contribution >= 0.6 is 0 Å². The molecule has 4 heteroatoms. The molecule has 0 bridgehead atoms. The van der Waals surface area contributed by atoms with E-state index in [1.54, 1.807) is 17.0 Å². The summed E-state index contributed by atoms with van der Waals surface area (Å²) in [6.07, 6.45) is 1.32. The highest BCUT2D eigenvalue weighted by Crippen LogP contribution is 2.42. The van der Waals surface area contributed by atoms with Crippen LogP contribution in [-0.4, -0.2) is 37.9 Å². The average Bonchev–Trinajstić information content (AvgIpc) is 2.56. The minimum Gasteiger partial charge on any atom is -0.493 e. The fourth-order valence-electron chi connectivity index (χ4n) is 3.58. The highest BCUT2D eigenvalue weighted by molar-refractivity contribution is 5.83. The van der Waals surface area contributed by atoms with Gasteiger partial charge in [-0.2, -0.15) is 0 Å². The lowest BCUT2D eigenvalue weighted by Crippen LogP contribution is -2.46. The maximum atomic E-state index is 12.8. The van der Waals surface area contributed by atoms with Crippen LogP contribution in [0.25, 0.3) is 0 Å². The van der Waals surface area contributed by atoms with Crippen LogP contribution in [0.2, 0.25) is 0 Å². The van der Waals surface area contributed by atoms with Gasteiger partial charge in [-0.3, -0.25) is 9.69 Å². The van der Waals surface area contributed by atoms with E-state index in [0.717, 1.165) is 11.1 Å². The normalized spacial score (nSPS) is 30.3. The fourth-order valence-corrected chi connectivity index (χ4v) is 3.58. The number of methoxy groups -OCH3 is 2. The second kappa shape index (κ2) is 6.52. The number of Topliss-reactive ketones (excluding diaryl/α,β-unsaturated/α-hetero) is 1. The lowest BCUT2D eigenvalue weighted by atomic mass is 9.80. The molecule has 0 aliphatic carbocycles. The number of carbonyl (C=O) groups excluding carboxylic acids is 1. The molecule has 2 heterocycles. The minimum absolute atomic E-state index is 0.0606. The second-order valence-corrected chi connectivity index (χ2v) is 6.74. The SMILES string of the molecule is [2H]C([2H])([2H])Oc1cc2c(cc1OC)C1CC(=O)C(CC(C)C)C([2H])([2H])N1CC2. The summed E-state index contributed by atoms with van der Waals surface area (Å²) in [5.74, 6) is -0.0520. The molecule has 1 fully saturated rings. The third kappa shape index (κ3) is 3.09. The van der Waals surface area contributed by atoms with Gasteiger partial charge in [-0.15, -0.1) is 0 Å². The van der Waals surface area contributed by atoms with E-state index < -0.39 is 19.5 Å². The Kier molecular flexibility index (Phi) is 3.14. The molecule has 0 saturated carbocycles. The summed E-state index contributed by atoms with van der Waals surface area (Å²) >= 11 is 0. The summed E-state index contributed by atoms with van der Waals surface area (Å²) in [5.41, 5.74) is 1.67. The molecule has 0 spiro atoms. The zero-order chi connectivity index (χ0) is 20.9. The van der Waals surface area contributed by atoms with Crippen LogP contribution in [0, 0.1) is 11.8 Å². The van der Waals surface area contributed by atoms with Crippen LogP contribution in [0.1, 0.15) is 50.7 Å². The Labute approximate surface area is 145 Å². The van der Waals surface area contributed by atoms with E-state index in [9.17, 15) is 4.79 Å². The van der Waals surface area contributed by atoms with Crippen molar-refractivity contribution in [2.24, 2.45) is 11.8 Å². The Morgan fingerprint density at radius 2 is 2.17 bits per heavy atom. The molecule has 23 heavy (non-hydrogen) atoms. The summed E-state index contributed by atoms with van der Waals surface area (Å²) in [4.78, 5) is 14.6. The highest BCUT2D eigenvalue weighted by Gasteiger charge is 2.38. The highest BCUT2D eigenvalue weighted by atomic mass is 16.5. The molecule has 2 aliphatic rings. The molecule has 4 nitrogen and oxygen atoms in total. The van der Waals surface area contributed by atoms with Crippen molar-refractivity contribution in [2.45, 2.75) is 39.2 Å². The van der Waals surface area contributed by atoms with E-state index in [4.69, 9.17) is 16.3 Å². The van der Waals surface area contributed by atoms with Gasteiger partial charge in [0.1, 0.15) is 5.78 Å². The van der Waals surface area contributed by atoms with Crippen molar-refractivity contribution in [1.82, 2.24) is 4.90 Å². The Balaban J connectivity index is 1.99. The first-order valence-electron chi connectivity index (χ1n) is 10.6. The van der Waals surface area contributed by atoms with Gasteiger partial charge in [0.05, 0.1) is 18.3 Å². The smallest absolute Gasteiger partial charge is 0.161 e. The van der Waals surface area contributed by atoms with Crippen LogP contribution in [0.3, 0.4) is 0 Å². The first kappa shape index (κ1) is 11.1. The summed E-state index contributed by atoms with van der Waals surface area (Å²) < 4.78 is 49.7. The topological polar surface area (TPSA) is 38.8 Å². The summed E-state index contributed by atoms with van der Waals surface area (Å²) in [6, 6.07) is 2.96. The number of ether oxygens (including phenoxy) is 2. The molecule has 3 rings (SSSR count). The molecule has 0 radical (unpaired) electrons. The summed E-state index contributed by atoms with van der Waals surface area (Å²) in [6.45, 7) is 2.74. The molecule has 1 saturated heterocycles. The van der Waals surface area contributed by atoms with Crippen molar-refractivity contribution >= 4 is 5.78 Å². The lowest BCUT2D eigenvalue weighted by Gasteiger charge is -2.43. The van der Waals surface area contributed by atoms with Gasteiger partial charge in [0, 0.05) is 34.2 Å². The Hall–Kier alpha value is -1.55. The molecule has 0 aromatic heterocycles. The lowest BCUT2D eigenvalue weighted by molar-refractivity contribution is -0.129. The fraction of sp³-hybridized carbons (Fsp3) is 0.632. The third-order valence-electron chi connectivity index (χ3n) is 4.70. The Morgan fingerprint density at radius 3 is 2.87 bits per heavy atom. The quantitative estimate of drug-likeness (QED) is 0.853. The monoisotopic (exact) mass is 322 g/mol. The number of piperidine rings is 1. The van der Waals surface area contributed by atoms with Crippen molar-refractivity contribution in [2.75, 3.05) is 27.2 Å². The molecule has 0 amide bonds. The van der Waals surface area contributed by atoms with Gasteiger partial charge >= 0.3 is 0 Å². The van der Waals surface area contributed by atoms with Crippen molar-refractivity contribution in [3.8, 4) is 11.5 Å². The van der Waals surface area contributed by atoms with Gasteiger partial charge in [-0.25, -0.2) is 0 Å². The number of fused-ring (bicyclic) bond motifs is 3. The van der Waals surface area contributed by atoms with Crippen LogP contribution < -0.4 is 9.47 Å². The van der Waals surface area contributed by atoms with Crippen molar-refractivity contribution < 1.29 is 21.1 Å². The standard InChI is InChI=1S/C19H27NO3/c1-12(2)7-14-11-20-6-5-13-8-18(22-3)19(23-4)9-15(13)16(20)10-17(14)21/h8-9,12,14,16H,5-7,10-11H2,1-4H3/i3D3,11D2. The number of carbonyl (C=O) groups is 1. The molecular formula is C19H27NO3. The number of hydrogen-bond donors (Lipinski definition) is 0. The van der Waals surface area contributed by atoms with Gasteiger partial charge in [0.15, 0.2) is 11.5 Å². The number of ketones is 1. The largest absolute Gasteiger partial charge is 0.493 e. The van der Waals surface area contributed by atoms with Gasteiger partial charge in [-0.05, 0) is 42.0 Å². The van der Waals surface area contributed by atoms with E-state index in [1.165, 1.54) is 7.11 Å². The molecule has 1 aromatic carbocycles. The van der Waals surface area contributed by atoms with Gasteiger partial charge < -0.3 is 9.47 Å². The van der Waals surface area contributed by atoms with E-state index in [-0.39, 0.29) is 35.7 Å². The zero-order valence-electron chi connectivity index (χ0n) is 18.9. The van der Waals surface area contributed by atoms with E-state index in [2.05, 4.69) is 0 Å². The second-order valence-electron chi connectivity index (χ2n) is 6.74. The zero-order valence-corrected chi connectivity index (χ0v) is 13.9. The van der Waals surface area contributed by atoms with E-state index in [1.807, 2.05) is 13.8 Å². The van der Waals surface area contributed by atoms with Crippen molar-refractivity contribution in [1.29, 1.82) is 0 Å². The number of rotatable bonds is 4. The van der Waals surface area contributed by atoms with Gasteiger partial charge in [0.25, 0.3) is 0 Å². The minimum atomic E-state index is -2.59. The van der Waals surface area contributed by atoms with Crippen LogP contribution in [0.5, 0.6) is 11.5 Å². The molecule has 2 aliphatic heterocycles. The maximum absolute atomic E-state index is 12.8. The Morgan fingerprint density at radius 1 is 1.39 bits per heavy atom. The first-order chi connectivity index (χ1) is 12.9. The maximum Gasteiger partial charge on any atom is 0.161 e. The van der Waals surface area contributed by atoms with Crippen LogP contribution in [0.15, 0.2) is 12.1 Å². The van der Waals surface area contributed by atoms with Gasteiger partial charge in [0.2, 0.25) is 0 Å². The number of nitrogens with zero attached hydrogens (tertiary/aromatic N) is 1. The first-order valence-corrected chi connectivity index (χ1v) is 8.13. The predicted octanol–water partition coefficient (Wildman–Crippen LogP) is 3.24. The van der Waals surface area contributed by atoms with E-state index in [0.29, 0.717) is 19.4 Å². The molecular weight excluding hydrogens is 290 g/mol. The molecule has 0 N–H and O–H groups in total. The van der Waals surface area contributed by atoms with Crippen molar-refractivity contribution in [3.63, 3.8) is 0 Å². The number of benzene rings is 1. The summed E-state index contributed by atoms with van der Waals surface area (Å²) in [5, 5.41) is 0. The predicted molar refractivity (Wildman–Crippen MR) is 90.1 cm³/mol. The Bertz CT molecular complexity index is 763. The van der Waals surface area contributed by atoms with Gasteiger partial charge in [-0.1, -0.05) is 13.8 Å². The van der Waals surface area contributed by atoms with Crippen LogP contribution in [-0.2, 0) is 11.2 Å². The van der Waals surface area contributed by atoms with Crippen LogP contribution in [0.4, 0.5) is 0 Å².